The summed E-state index contributed by atoms with van der Waals surface area (Å²) < 4.78 is 16.3. The number of allylic oxidation sites excluding steroid dienone is 2. The third-order valence-electron chi connectivity index (χ3n) is 5.18. The van der Waals surface area contributed by atoms with E-state index in [-0.39, 0.29) is 18.9 Å². The second-order valence-corrected chi connectivity index (χ2v) is 7.59. The molecule has 0 heterocycles. The third-order valence-corrected chi connectivity index (χ3v) is 5.39. The summed E-state index contributed by atoms with van der Waals surface area (Å²) in [6.45, 7) is 5.60. The van der Waals surface area contributed by atoms with E-state index in [1.165, 1.54) is 19.3 Å². The molecule has 6 heteroatoms. The highest BCUT2D eigenvalue weighted by molar-refractivity contribution is 6.29. The van der Waals surface area contributed by atoms with Crippen molar-refractivity contribution in [3.8, 4) is 0 Å². The lowest BCUT2D eigenvalue weighted by atomic mass is 9.96. The van der Waals surface area contributed by atoms with E-state index in [0.29, 0.717) is 11.0 Å². The number of carbonyl (C=O) groups is 1. The molecule has 2 bridgehead atoms. The van der Waals surface area contributed by atoms with Crippen LogP contribution >= 0.6 is 11.6 Å². The number of nitrogens with one attached hydrogen (secondary N) is 1. The van der Waals surface area contributed by atoms with Gasteiger partial charge in [-0.2, -0.15) is 0 Å². The van der Waals surface area contributed by atoms with Crippen molar-refractivity contribution in [3.05, 3.63) is 22.8 Å². The van der Waals surface area contributed by atoms with Crippen molar-refractivity contribution in [2.45, 2.75) is 64.7 Å². The number of hydrogen-bond donors (Lipinski definition) is 1. The summed E-state index contributed by atoms with van der Waals surface area (Å²) in [5.41, 5.74) is 0.779. The molecule has 2 aliphatic rings. The monoisotopic (exact) mass is 371 g/mol. The van der Waals surface area contributed by atoms with Crippen molar-refractivity contribution < 1.29 is 19.0 Å². The van der Waals surface area contributed by atoms with Crippen LogP contribution in [-0.4, -0.2) is 38.2 Å². The van der Waals surface area contributed by atoms with Crippen molar-refractivity contribution >= 4 is 17.7 Å². The summed E-state index contributed by atoms with van der Waals surface area (Å²) in [5, 5.41) is 3.64. The van der Waals surface area contributed by atoms with Crippen LogP contribution in [0.1, 0.15) is 46.5 Å². The number of hydrogen-bond acceptors (Lipinski definition) is 4. The van der Waals surface area contributed by atoms with Crippen LogP contribution in [0.25, 0.3) is 0 Å². The molecule has 5 nitrogen and oxygen atoms in total. The maximum absolute atomic E-state index is 12.3. The maximum atomic E-state index is 12.3. The minimum Gasteiger partial charge on any atom is -0.443 e. The van der Waals surface area contributed by atoms with Crippen molar-refractivity contribution in [2.24, 2.45) is 11.8 Å². The smallest absolute Gasteiger partial charge is 0.407 e. The van der Waals surface area contributed by atoms with Gasteiger partial charge in [-0.05, 0) is 57.4 Å². The Morgan fingerprint density at radius 2 is 2.12 bits per heavy atom. The van der Waals surface area contributed by atoms with Crippen LogP contribution in [0, 0.1) is 11.8 Å². The van der Waals surface area contributed by atoms with Crippen molar-refractivity contribution in [1.29, 1.82) is 0 Å². The van der Waals surface area contributed by atoms with Gasteiger partial charge in [-0.1, -0.05) is 30.2 Å². The Labute approximate surface area is 155 Å². The number of halogens is 1. The van der Waals surface area contributed by atoms with E-state index in [0.717, 1.165) is 17.9 Å². The zero-order valence-corrected chi connectivity index (χ0v) is 16.3. The second-order valence-electron chi connectivity index (χ2n) is 7.02. The molecule has 2 aliphatic carbocycles. The van der Waals surface area contributed by atoms with Gasteiger partial charge in [0.15, 0.2) is 0 Å². The van der Waals surface area contributed by atoms with Crippen LogP contribution in [0.2, 0.25) is 0 Å². The first-order chi connectivity index (χ1) is 12.0. The standard InChI is InChI=1S/C19H30ClNO4/c1-5-6-16(12(2)20)18(24-11-23-4)13(3)25-19(22)21-17-10-14-7-8-15(17)9-14/h5-6,13-15,17-18H,7-11H2,1-4H3,(H,21,22). The lowest BCUT2D eigenvalue weighted by Gasteiger charge is -2.28. The molecule has 0 aromatic heterocycles. The van der Waals surface area contributed by atoms with Crippen LogP contribution in [0.15, 0.2) is 22.8 Å². The molecule has 0 aliphatic heterocycles. The van der Waals surface area contributed by atoms with Gasteiger partial charge in [-0.25, -0.2) is 4.79 Å². The van der Waals surface area contributed by atoms with Gasteiger partial charge in [-0.15, -0.1) is 0 Å². The van der Waals surface area contributed by atoms with E-state index in [1.54, 1.807) is 14.0 Å². The molecule has 0 aromatic rings. The van der Waals surface area contributed by atoms with Gasteiger partial charge in [0.25, 0.3) is 0 Å². The first-order valence-corrected chi connectivity index (χ1v) is 9.40. The SMILES string of the molecule is CC=CC(=C(C)Cl)C(OCOC)C(C)OC(=O)NC1CC2CCC1C2. The van der Waals surface area contributed by atoms with Crippen LogP contribution < -0.4 is 5.32 Å². The largest absolute Gasteiger partial charge is 0.443 e. The number of rotatable bonds is 8. The molecule has 5 atom stereocenters. The van der Waals surface area contributed by atoms with Gasteiger partial charge in [0.1, 0.15) is 19.0 Å². The molecule has 0 radical (unpaired) electrons. The number of carbonyl (C=O) groups excluding carboxylic acids is 1. The molecule has 0 aromatic carbocycles. The van der Waals surface area contributed by atoms with Gasteiger partial charge in [0.2, 0.25) is 0 Å². The molecule has 2 rings (SSSR count). The van der Waals surface area contributed by atoms with Crippen LogP contribution in [0.3, 0.4) is 0 Å². The number of methoxy groups -OCH3 is 1. The summed E-state index contributed by atoms with van der Waals surface area (Å²) in [5.74, 6) is 1.38. The summed E-state index contributed by atoms with van der Waals surface area (Å²) in [4.78, 5) is 12.3. The van der Waals surface area contributed by atoms with Gasteiger partial charge >= 0.3 is 6.09 Å². The summed E-state index contributed by atoms with van der Waals surface area (Å²) >= 11 is 6.21. The number of fused-ring (bicyclic) bond motifs is 2. The lowest BCUT2D eigenvalue weighted by Crippen LogP contribution is -2.42. The Kier molecular flexibility index (Phi) is 7.79. The molecule has 5 unspecified atom stereocenters. The zero-order valence-electron chi connectivity index (χ0n) is 15.6. The van der Waals surface area contributed by atoms with Gasteiger partial charge < -0.3 is 19.5 Å². The first kappa shape index (κ1) is 20.3. The van der Waals surface area contributed by atoms with Crippen LogP contribution in [0.4, 0.5) is 4.79 Å². The molecule has 1 N–H and O–H groups in total. The first-order valence-electron chi connectivity index (χ1n) is 9.02. The molecular formula is C19H30ClNO4. The van der Waals surface area contributed by atoms with E-state index in [2.05, 4.69) is 5.32 Å². The Morgan fingerprint density at radius 3 is 2.64 bits per heavy atom. The average molecular weight is 372 g/mol. The Morgan fingerprint density at radius 1 is 1.36 bits per heavy atom. The lowest BCUT2D eigenvalue weighted by molar-refractivity contribution is -0.0942. The molecule has 0 spiro atoms. The van der Waals surface area contributed by atoms with E-state index in [9.17, 15) is 4.79 Å². The Balaban J connectivity index is 1.96. The maximum Gasteiger partial charge on any atom is 0.407 e. The minimum atomic E-state index is -0.492. The number of alkyl carbamates (subject to hydrolysis) is 1. The summed E-state index contributed by atoms with van der Waals surface area (Å²) in [6.07, 6.45) is 7.21. The average Bonchev–Trinajstić information content (AvgIpc) is 3.16. The highest BCUT2D eigenvalue weighted by Crippen LogP contribution is 2.44. The molecule has 1 amide bonds. The Hall–Kier alpha value is -1.04. The fraction of sp³-hybridized carbons (Fsp3) is 0.737. The van der Waals surface area contributed by atoms with Crippen LogP contribution in [-0.2, 0) is 14.2 Å². The fourth-order valence-corrected chi connectivity index (χ4v) is 4.21. The predicted molar refractivity (Wildman–Crippen MR) is 98.4 cm³/mol. The summed E-state index contributed by atoms with van der Waals surface area (Å²) in [6, 6.07) is 0.247. The van der Waals surface area contributed by atoms with Crippen molar-refractivity contribution in [2.75, 3.05) is 13.9 Å². The third kappa shape index (κ3) is 5.47. The molecule has 2 fully saturated rings. The van der Waals surface area contributed by atoms with Gasteiger partial charge in [0.05, 0.1) is 0 Å². The molecule has 2 saturated carbocycles. The summed E-state index contributed by atoms with van der Waals surface area (Å²) in [7, 11) is 1.55. The second kappa shape index (κ2) is 9.60. The topological polar surface area (TPSA) is 56.8 Å². The van der Waals surface area contributed by atoms with Crippen molar-refractivity contribution in [1.82, 2.24) is 5.32 Å². The zero-order chi connectivity index (χ0) is 18.4. The molecular weight excluding hydrogens is 342 g/mol. The highest BCUT2D eigenvalue weighted by atomic mass is 35.5. The Bertz CT molecular complexity index is 516. The van der Waals surface area contributed by atoms with E-state index >= 15 is 0 Å². The van der Waals surface area contributed by atoms with E-state index < -0.39 is 12.2 Å². The van der Waals surface area contributed by atoms with Gasteiger partial charge in [-0.3, -0.25) is 0 Å². The highest BCUT2D eigenvalue weighted by Gasteiger charge is 2.40. The quantitative estimate of drug-likeness (QED) is 0.508. The van der Waals surface area contributed by atoms with E-state index in [4.69, 9.17) is 25.8 Å². The van der Waals surface area contributed by atoms with Crippen molar-refractivity contribution in [3.63, 3.8) is 0 Å². The molecule has 0 saturated heterocycles. The normalized spacial score (nSPS) is 28.8. The number of amides is 1. The predicted octanol–water partition coefficient (Wildman–Crippen LogP) is 4.37. The number of ether oxygens (including phenoxy) is 3. The van der Waals surface area contributed by atoms with Gasteiger partial charge in [0, 0.05) is 18.2 Å². The fourth-order valence-electron chi connectivity index (χ4n) is 4.04. The molecule has 25 heavy (non-hydrogen) atoms. The van der Waals surface area contributed by atoms with Crippen LogP contribution in [0.5, 0.6) is 0 Å². The minimum absolute atomic E-state index is 0.0948. The molecule has 142 valence electrons. The van der Waals surface area contributed by atoms with E-state index in [1.807, 2.05) is 26.0 Å².